The molecule has 3 N–H and O–H groups in total. The highest BCUT2D eigenvalue weighted by atomic mass is 35.5. The maximum atomic E-state index is 6.31. The quantitative estimate of drug-likeness (QED) is 0.747. The third-order valence-electron chi connectivity index (χ3n) is 3.34. The summed E-state index contributed by atoms with van der Waals surface area (Å²) in [5.41, 5.74) is 2.46. The summed E-state index contributed by atoms with van der Waals surface area (Å²) in [6.45, 7) is 2.31. The summed E-state index contributed by atoms with van der Waals surface area (Å²) < 4.78 is 0. The smallest absolute Gasteiger partial charge is 0.196 e. The topological polar surface area (TPSA) is 48.5 Å². The van der Waals surface area contributed by atoms with Crippen molar-refractivity contribution >= 4 is 52.1 Å². The van der Waals surface area contributed by atoms with Gasteiger partial charge in [0.25, 0.3) is 0 Å². The summed E-state index contributed by atoms with van der Waals surface area (Å²) >= 11 is 18.6. The zero-order valence-corrected chi connectivity index (χ0v) is 14.4. The van der Waals surface area contributed by atoms with E-state index in [0.717, 1.165) is 24.3 Å². The summed E-state index contributed by atoms with van der Waals surface area (Å²) in [5.74, 6) is 0.688. The van der Waals surface area contributed by atoms with Crippen LogP contribution >= 0.6 is 34.8 Å². The lowest BCUT2D eigenvalue weighted by Crippen LogP contribution is -2.23. The second-order valence-corrected chi connectivity index (χ2v) is 6.34. The first kappa shape index (κ1) is 16.2. The Balaban J connectivity index is 1.75. The van der Waals surface area contributed by atoms with E-state index in [2.05, 4.69) is 20.9 Å². The summed E-state index contributed by atoms with van der Waals surface area (Å²) in [6.07, 6.45) is 0. The first-order chi connectivity index (χ1) is 11.1. The fourth-order valence-electron chi connectivity index (χ4n) is 2.24. The monoisotopic (exact) mass is 368 g/mol. The molecule has 0 unspecified atom stereocenters. The first-order valence-corrected chi connectivity index (χ1v) is 8.29. The molecule has 120 valence electrons. The molecule has 1 aliphatic rings. The molecular formula is C16H15Cl3N4. The molecule has 23 heavy (non-hydrogen) atoms. The van der Waals surface area contributed by atoms with Crippen molar-refractivity contribution in [3.63, 3.8) is 0 Å². The van der Waals surface area contributed by atoms with Crippen LogP contribution in [0.25, 0.3) is 0 Å². The first-order valence-electron chi connectivity index (χ1n) is 7.15. The number of benzene rings is 2. The molecule has 3 rings (SSSR count). The van der Waals surface area contributed by atoms with E-state index in [-0.39, 0.29) is 0 Å². The Hall–Kier alpha value is -1.62. The Morgan fingerprint density at radius 1 is 1.00 bits per heavy atom. The van der Waals surface area contributed by atoms with Gasteiger partial charge in [-0.15, -0.1) is 0 Å². The highest BCUT2D eigenvalue weighted by Gasteiger charge is 2.11. The van der Waals surface area contributed by atoms with Crippen molar-refractivity contribution in [2.45, 2.75) is 6.54 Å². The number of hydrogen-bond donors (Lipinski definition) is 3. The van der Waals surface area contributed by atoms with Crippen molar-refractivity contribution in [3.8, 4) is 0 Å². The maximum Gasteiger partial charge on any atom is 0.196 e. The van der Waals surface area contributed by atoms with Crippen molar-refractivity contribution in [2.75, 3.05) is 18.4 Å². The van der Waals surface area contributed by atoms with Gasteiger partial charge in [-0.1, -0.05) is 46.9 Å². The molecule has 0 spiro atoms. The van der Waals surface area contributed by atoms with E-state index in [1.54, 1.807) is 0 Å². The number of aliphatic imine (C=N–C) groups is 1. The maximum absolute atomic E-state index is 6.31. The Bertz CT molecular complexity index is 715. The molecule has 1 fully saturated rings. The van der Waals surface area contributed by atoms with Gasteiger partial charge in [-0.25, -0.2) is 4.99 Å². The Morgan fingerprint density at radius 2 is 1.70 bits per heavy atom. The summed E-state index contributed by atoms with van der Waals surface area (Å²) in [5, 5.41) is 11.2. The SMILES string of the molecule is Clc1cccc(CNc2cc(Cl)c(N=C3NCCN3)c(Cl)c2)c1. The summed E-state index contributed by atoms with van der Waals surface area (Å²) in [4.78, 5) is 4.41. The molecule has 0 bridgehead atoms. The number of halogens is 3. The molecule has 0 aliphatic carbocycles. The second-order valence-electron chi connectivity index (χ2n) is 5.09. The van der Waals surface area contributed by atoms with Gasteiger partial charge in [-0.05, 0) is 29.8 Å². The average Bonchev–Trinajstić information content (AvgIpc) is 3.02. The second kappa shape index (κ2) is 7.30. The lowest BCUT2D eigenvalue weighted by Gasteiger charge is -2.10. The predicted octanol–water partition coefficient (Wildman–Crippen LogP) is 4.44. The van der Waals surface area contributed by atoms with Crippen LogP contribution < -0.4 is 16.0 Å². The molecule has 2 aromatic carbocycles. The number of hydrogen-bond acceptors (Lipinski definition) is 2. The van der Waals surface area contributed by atoms with Gasteiger partial charge in [0.15, 0.2) is 5.96 Å². The molecule has 2 aromatic rings. The summed E-state index contributed by atoms with van der Waals surface area (Å²) in [6, 6.07) is 11.3. The standard InChI is InChI=1S/C16H15Cl3N4/c17-11-3-1-2-10(6-11)9-22-12-7-13(18)15(14(19)8-12)23-16-20-4-5-21-16/h1-3,6-8,22H,4-5,9H2,(H2,20,21,23). The van der Waals surface area contributed by atoms with Crippen LogP contribution in [0.4, 0.5) is 11.4 Å². The lowest BCUT2D eigenvalue weighted by molar-refractivity contribution is 0.942. The molecular weight excluding hydrogens is 355 g/mol. The van der Waals surface area contributed by atoms with Crippen LogP contribution in [0.3, 0.4) is 0 Å². The van der Waals surface area contributed by atoms with Crippen LogP contribution in [0.2, 0.25) is 15.1 Å². The van der Waals surface area contributed by atoms with Gasteiger partial charge < -0.3 is 16.0 Å². The molecule has 0 amide bonds. The minimum absolute atomic E-state index is 0.495. The molecule has 4 nitrogen and oxygen atoms in total. The molecule has 0 atom stereocenters. The Kier molecular flexibility index (Phi) is 5.16. The Labute approximate surface area is 149 Å². The van der Waals surface area contributed by atoms with E-state index in [1.807, 2.05) is 36.4 Å². The largest absolute Gasteiger partial charge is 0.381 e. The van der Waals surface area contributed by atoms with Crippen molar-refractivity contribution in [1.82, 2.24) is 10.6 Å². The highest BCUT2D eigenvalue weighted by molar-refractivity contribution is 6.39. The summed E-state index contributed by atoms with van der Waals surface area (Å²) in [7, 11) is 0. The van der Waals surface area contributed by atoms with Gasteiger partial charge in [0.1, 0.15) is 5.69 Å². The number of nitrogens with one attached hydrogen (secondary N) is 3. The van der Waals surface area contributed by atoms with Crippen LogP contribution in [-0.2, 0) is 6.54 Å². The number of anilines is 1. The van der Waals surface area contributed by atoms with Crippen LogP contribution in [-0.4, -0.2) is 19.0 Å². The van der Waals surface area contributed by atoms with Crippen LogP contribution in [0, 0.1) is 0 Å². The normalized spacial score (nSPS) is 13.4. The highest BCUT2D eigenvalue weighted by Crippen LogP contribution is 2.36. The van der Waals surface area contributed by atoms with Gasteiger partial charge in [0.2, 0.25) is 0 Å². The molecule has 1 saturated heterocycles. The van der Waals surface area contributed by atoms with Crippen LogP contribution in [0.15, 0.2) is 41.4 Å². The molecule has 1 heterocycles. The van der Waals surface area contributed by atoms with E-state index in [1.165, 1.54) is 0 Å². The molecule has 0 aromatic heterocycles. The van der Waals surface area contributed by atoms with Crippen LogP contribution in [0.1, 0.15) is 5.56 Å². The minimum atomic E-state index is 0.495. The van der Waals surface area contributed by atoms with Crippen molar-refractivity contribution in [1.29, 1.82) is 0 Å². The zero-order valence-electron chi connectivity index (χ0n) is 12.2. The predicted molar refractivity (Wildman–Crippen MR) is 98.3 cm³/mol. The third kappa shape index (κ3) is 4.22. The zero-order chi connectivity index (χ0) is 16.2. The van der Waals surface area contributed by atoms with E-state index < -0.39 is 0 Å². The Morgan fingerprint density at radius 3 is 2.35 bits per heavy atom. The van der Waals surface area contributed by atoms with E-state index in [4.69, 9.17) is 34.8 Å². The van der Waals surface area contributed by atoms with Gasteiger partial charge in [-0.2, -0.15) is 0 Å². The molecule has 0 radical (unpaired) electrons. The molecule has 7 heteroatoms. The minimum Gasteiger partial charge on any atom is -0.381 e. The van der Waals surface area contributed by atoms with Gasteiger partial charge in [0, 0.05) is 30.3 Å². The lowest BCUT2D eigenvalue weighted by atomic mass is 10.2. The van der Waals surface area contributed by atoms with E-state index in [0.29, 0.717) is 33.3 Å². The average molecular weight is 370 g/mol. The van der Waals surface area contributed by atoms with Gasteiger partial charge in [-0.3, -0.25) is 0 Å². The number of guanidine groups is 1. The molecule has 0 saturated carbocycles. The number of rotatable bonds is 4. The fourth-order valence-corrected chi connectivity index (χ4v) is 3.03. The van der Waals surface area contributed by atoms with Crippen molar-refractivity contribution in [3.05, 3.63) is 57.0 Å². The van der Waals surface area contributed by atoms with Gasteiger partial charge in [0.05, 0.1) is 10.0 Å². The number of nitrogens with zero attached hydrogens (tertiary/aromatic N) is 1. The molecule has 1 aliphatic heterocycles. The fraction of sp³-hybridized carbons (Fsp3) is 0.188. The van der Waals surface area contributed by atoms with Crippen LogP contribution in [0.5, 0.6) is 0 Å². The van der Waals surface area contributed by atoms with Crippen molar-refractivity contribution < 1.29 is 0 Å². The van der Waals surface area contributed by atoms with Gasteiger partial charge >= 0.3 is 0 Å². The van der Waals surface area contributed by atoms with E-state index in [9.17, 15) is 0 Å². The third-order valence-corrected chi connectivity index (χ3v) is 4.15. The van der Waals surface area contributed by atoms with E-state index >= 15 is 0 Å². The van der Waals surface area contributed by atoms with Crippen molar-refractivity contribution in [2.24, 2.45) is 4.99 Å².